The molecule has 5 saturated heterocycles. The van der Waals surface area contributed by atoms with Crippen LogP contribution < -0.4 is 30.3 Å². The predicted octanol–water partition coefficient (Wildman–Crippen LogP) is 3.99. The molecule has 3 amide bonds. The highest BCUT2D eigenvalue weighted by Gasteiger charge is 2.43. The van der Waals surface area contributed by atoms with Crippen LogP contribution in [0.5, 0.6) is 5.75 Å². The summed E-state index contributed by atoms with van der Waals surface area (Å²) in [5.74, 6) is 0.767. The van der Waals surface area contributed by atoms with Crippen LogP contribution in [-0.4, -0.2) is 145 Å². The van der Waals surface area contributed by atoms with E-state index >= 15 is 4.39 Å². The van der Waals surface area contributed by atoms with E-state index in [4.69, 9.17) is 24.2 Å². The molecule has 0 spiro atoms. The van der Waals surface area contributed by atoms with Crippen molar-refractivity contribution < 1.29 is 33.0 Å². The van der Waals surface area contributed by atoms with Gasteiger partial charge in [-0.15, -0.1) is 0 Å². The van der Waals surface area contributed by atoms with Crippen LogP contribution in [0.2, 0.25) is 0 Å². The topological polar surface area (TPSA) is 148 Å². The Kier molecular flexibility index (Phi) is 11.6. The summed E-state index contributed by atoms with van der Waals surface area (Å²) in [6.07, 6.45) is 9.85. The monoisotopic (exact) mass is 892 g/mol. The number of hydrogen-bond acceptors (Lipinski definition) is 14. The van der Waals surface area contributed by atoms with Crippen molar-refractivity contribution in [1.82, 2.24) is 35.4 Å². The van der Waals surface area contributed by atoms with Crippen LogP contribution in [0.25, 0.3) is 0 Å². The third-order valence-electron chi connectivity index (χ3n) is 15.1. The van der Waals surface area contributed by atoms with E-state index in [1.807, 2.05) is 0 Å². The summed E-state index contributed by atoms with van der Waals surface area (Å²) in [6, 6.07) is 11.1. The summed E-state index contributed by atoms with van der Waals surface area (Å²) >= 11 is 0. The highest BCUT2D eigenvalue weighted by Crippen LogP contribution is 2.45. The second-order valence-electron chi connectivity index (χ2n) is 19.6. The smallest absolute Gasteiger partial charge is 0.255 e. The second-order valence-corrected chi connectivity index (χ2v) is 19.6. The minimum Gasteiger partial charge on any atom is -0.488 e. The van der Waals surface area contributed by atoms with Crippen molar-refractivity contribution in [2.45, 2.75) is 101 Å². The summed E-state index contributed by atoms with van der Waals surface area (Å²) in [5, 5.41) is 4.51. The fraction of sp³-hybridized carbons (Fsp3) is 0.604. The Bertz CT molecular complexity index is 2290. The van der Waals surface area contributed by atoms with Crippen LogP contribution >= 0.6 is 0 Å². The van der Waals surface area contributed by atoms with Gasteiger partial charge in [0, 0.05) is 101 Å². The normalized spacial score (nSPS) is 28.3. The van der Waals surface area contributed by atoms with Gasteiger partial charge in [0.15, 0.2) is 5.82 Å². The van der Waals surface area contributed by atoms with E-state index in [0.717, 1.165) is 139 Å². The van der Waals surface area contributed by atoms with Crippen molar-refractivity contribution in [3.63, 3.8) is 0 Å². The lowest BCUT2D eigenvalue weighted by atomic mass is 9.97. The SMILES string of the molecule is CC1(Oc2ccc3c(c2)C(c2cc(N4CCN(C[C@@H]5CC[C@@H](CN6CCN(c7ccc8c(c7F)CN(C7CCC(=O)NC7=O)C8=O)CC6)OC5)CC4)ncn2)NN3C2CCCCO2)CC1. The molecule has 2 aromatic carbocycles. The zero-order chi connectivity index (χ0) is 44.2. The number of halogens is 1. The van der Waals surface area contributed by atoms with E-state index in [0.29, 0.717) is 35.8 Å². The standard InChI is InChI=1S/C48H61FN10O6/c1-48(13-14-48)65-32-7-9-38-35(24-32)45(53-59(38)43-4-2-3-23-63-43)37-25-41(51-30-50-37)57-21-17-54(18-22-57)26-31-5-6-33(64-29-31)27-55-15-19-56(20-16-55)39-10-8-34-36(44(39)49)28-58(47(34)62)40-11-12-42(60)52-46(40)61/h7-10,24-25,30-31,33,40,43,45,53H,2-6,11-23,26-29H2,1H3,(H,52,60,61)/t31-,33-,40?,43?,45?/m0/s1. The number of anilines is 3. The van der Waals surface area contributed by atoms with Crippen molar-refractivity contribution in [2.75, 3.05) is 93.5 Å². The first-order chi connectivity index (χ1) is 31.6. The van der Waals surface area contributed by atoms with E-state index < -0.39 is 17.8 Å². The van der Waals surface area contributed by atoms with Gasteiger partial charge in [0.1, 0.15) is 35.8 Å². The number of nitrogens with zero attached hydrogens (tertiary/aromatic N) is 8. The number of imide groups is 1. The lowest BCUT2D eigenvalue weighted by Crippen LogP contribution is -2.52. The molecule has 8 heterocycles. The Balaban J connectivity index is 0.638. The predicted molar refractivity (Wildman–Crippen MR) is 240 cm³/mol. The van der Waals surface area contributed by atoms with Gasteiger partial charge in [-0.25, -0.2) is 19.8 Å². The van der Waals surface area contributed by atoms with Crippen LogP contribution in [0, 0.1) is 11.7 Å². The van der Waals surface area contributed by atoms with Gasteiger partial charge in [0.05, 0.1) is 42.4 Å². The quantitative estimate of drug-likeness (QED) is 0.268. The maximum atomic E-state index is 16.0. The molecule has 11 rings (SSSR count). The van der Waals surface area contributed by atoms with E-state index in [1.165, 1.54) is 4.90 Å². The highest BCUT2D eigenvalue weighted by atomic mass is 19.1. The molecule has 346 valence electrons. The summed E-state index contributed by atoms with van der Waals surface area (Å²) in [6.45, 7) is 12.3. The van der Waals surface area contributed by atoms with Gasteiger partial charge in [0.25, 0.3) is 5.91 Å². The third-order valence-corrected chi connectivity index (χ3v) is 15.1. The maximum absolute atomic E-state index is 16.0. The summed E-state index contributed by atoms with van der Waals surface area (Å²) in [5.41, 5.74) is 8.04. The third kappa shape index (κ3) is 8.77. The van der Waals surface area contributed by atoms with Crippen LogP contribution in [0.3, 0.4) is 0 Å². The highest BCUT2D eigenvalue weighted by molar-refractivity contribution is 6.05. The second kappa shape index (κ2) is 17.7. The molecule has 3 aromatic rings. The molecule has 1 aliphatic carbocycles. The molecular formula is C48H61FN10O6. The number of hydrogen-bond donors (Lipinski definition) is 2. The molecule has 17 heteroatoms. The number of fused-ring (bicyclic) bond motifs is 2. The van der Waals surface area contributed by atoms with Gasteiger partial charge in [0.2, 0.25) is 11.8 Å². The zero-order valence-electron chi connectivity index (χ0n) is 37.4. The molecule has 65 heavy (non-hydrogen) atoms. The van der Waals surface area contributed by atoms with Crippen molar-refractivity contribution in [2.24, 2.45) is 5.92 Å². The number of piperazine rings is 2. The first kappa shape index (κ1) is 42.7. The van der Waals surface area contributed by atoms with E-state index in [2.05, 4.69) is 66.5 Å². The van der Waals surface area contributed by atoms with Gasteiger partial charge in [-0.1, -0.05) is 0 Å². The van der Waals surface area contributed by atoms with Crippen LogP contribution in [0.15, 0.2) is 42.7 Å². The average Bonchev–Trinajstić information content (AvgIpc) is 3.78. The largest absolute Gasteiger partial charge is 0.488 e. The van der Waals surface area contributed by atoms with Gasteiger partial charge in [-0.3, -0.25) is 34.5 Å². The molecule has 0 radical (unpaired) electrons. The molecule has 0 bridgehead atoms. The number of piperidine rings is 1. The fourth-order valence-corrected chi connectivity index (χ4v) is 10.9. The molecule has 3 unspecified atom stereocenters. The Hall–Kier alpha value is -4.94. The van der Waals surface area contributed by atoms with Crippen LogP contribution in [0.1, 0.15) is 97.9 Å². The van der Waals surface area contributed by atoms with Gasteiger partial charge >= 0.3 is 0 Å². The average molecular weight is 893 g/mol. The van der Waals surface area contributed by atoms with E-state index in [-0.39, 0.29) is 55.2 Å². The molecule has 16 nitrogen and oxygen atoms in total. The summed E-state index contributed by atoms with van der Waals surface area (Å²) in [4.78, 5) is 57.7. The van der Waals surface area contributed by atoms with Crippen molar-refractivity contribution in [3.05, 3.63) is 70.9 Å². The van der Waals surface area contributed by atoms with Crippen molar-refractivity contribution in [3.8, 4) is 5.75 Å². The number of amides is 3. The molecular weight excluding hydrogens is 832 g/mol. The fourth-order valence-electron chi connectivity index (χ4n) is 10.9. The lowest BCUT2D eigenvalue weighted by molar-refractivity contribution is -0.136. The number of aromatic nitrogens is 2. The number of hydrazine groups is 1. The molecule has 1 saturated carbocycles. The number of ether oxygens (including phenoxy) is 3. The van der Waals surface area contributed by atoms with Gasteiger partial charge in [-0.2, -0.15) is 0 Å². The van der Waals surface area contributed by atoms with Crippen LogP contribution in [-0.2, 0) is 25.6 Å². The number of carbonyl (C=O) groups excluding carboxylic acids is 3. The maximum Gasteiger partial charge on any atom is 0.255 e. The number of carbonyl (C=O) groups is 3. The zero-order valence-corrected chi connectivity index (χ0v) is 37.4. The Morgan fingerprint density at radius 3 is 2.37 bits per heavy atom. The Labute approximate surface area is 379 Å². The first-order valence-electron chi connectivity index (χ1n) is 24.0. The minimum atomic E-state index is -0.766. The molecule has 6 fully saturated rings. The molecule has 7 aliphatic heterocycles. The summed E-state index contributed by atoms with van der Waals surface area (Å²) in [7, 11) is 0. The summed E-state index contributed by atoms with van der Waals surface area (Å²) < 4.78 is 35.1. The number of benzene rings is 2. The molecule has 1 aromatic heterocycles. The molecule has 5 atom stereocenters. The first-order valence-corrected chi connectivity index (χ1v) is 24.0. The number of rotatable bonds is 11. The number of nitrogens with one attached hydrogen (secondary N) is 2. The van der Waals surface area contributed by atoms with Crippen molar-refractivity contribution >= 4 is 34.9 Å². The molecule has 8 aliphatic rings. The Morgan fingerprint density at radius 2 is 1.63 bits per heavy atom. The van der Waals surface area contributed by atoms with Crippen LogP contribution in [0.4, 0.5) is 21.6 Å². The van der Waals surface area contributed by atoms with E-state index in [1.54, 1.807) is 18.5 Å². The van der Waals surface area contributed by atoms with Gasteiger partial charge in [-0.05, 0) is 94.5 Å². The van der Waals surface area contributed by atoms with E-state index in [9.17, 15) is 14.4 Å². The lowest BCUT2D eigenvalue weighted by Gasteiger charge is -2.40. The van der Waals surface area contributed by atoms with Crippen molar-refractivity contribution in [1.29, 1.82) is 0 Å². The molecule has 2 N–H and O–H groups in total. The minimum absolute atomic E-state index is 0.0194. The Morgan fingerprint density at radius 1 is 0.846 bits per heavy atom. The van der Waals surface area contributed by atoms with Gasteiger partial charge < -0.3 is 28.9 Å².